The van der Waals surface area contributed by atoms with Gasteiger partial charge >= 0.3 is 6.03 Å². The van der Waals surface area contributed by atoms with E-state index in [4.69, 9.17) is 10.5 Å². The Kier molecular flexibility index (Phi) is 7.24. The predicted octanol–water partition coefficient (Wildman–Crippen LogP) is 3.34. The van der Waals surface area contributed by atoms with Crippen LogP contribution in [-0.2, 0) is 10.2 Å². The largest absolute Gasteiger partial charge is 0.492 e. The molecule has 0 aliphatic rings. The summed E-state index contributed by atoms with van der Waals surface area (Å²) in [7, 11) is 0. The third kappa shape index (κ3) is 6.94. The molecule has 1 aromatic carbocycles. The van der Waals surface area contributed by atoms with Crippen LogP contribution in [0.4, 0.5) is 4.79 Å². The molecule has 0 bridgehead atoms. The number of hydrogen-bond acceptors (Lipinski definition) is 4. The number of carbonyl (C=O) groups excluding carboxylic acids is 2. The van der Waals surface area contributed by atoms with Crippen LogP contribution >= 0.6 is 11.3 Å². The Morgan fingerprint density at radius 1 is 1.19 bits per heavy atom. The second kappa shape index (κ2) is 9.41. The fraction of sp³-hybridized carbons (Fsp3) is 0.400. The maximum absolute atomic E-state index is 12.1. The molecule has 2 rings (SSSR count). The molecule has 1 atom stereocenters. The SMILES string of the molecule is CC(C)(C)c1ccc(OCCNC(=O)CC(NC(N)=O)c2cccs2)cc1. The number of nitrogens with one attached hydrogen (secondary N) is 2. The van der Waals surface area contributed by atoms with Crippen LogP contribution in [0.25, 0.3) is 0 Å². The molecule has 7 heteroatoms. The Morgan fingerprint density at radius 3 is 2.44 bits per heavy atom. The first kappa shape index (κ1) is 20.8. The molecule has 2 aromatic rings. The minimum atomic E-state index is -0.650. The van der Waals surface area contributed by atoms with Gasteiger partial charge in [0.05, 0.1) is 19.0 Å². The molecule has 27 heavy (non-hydrogen) atoms. The molecular weight excluding hydrogens is 362 g/mol. The Bertz CT molecular complexity index is 737. The van der Waals surface area contributed by atoms with Gasteiger partial charge < -0.3 is 21.1 Å². The highest BCUT2D eigenvalue weighted by molar-refractivity contribution is 7.10. The number of thiophene rings is 1. The summed E-state index contributed by atoms with van der Waals surface area (Å²) in [6.07, 6.45) is 0.129. The molecule has 1 unspecified atom stereocenters. The molecule has 0 saturated heterocycles. The number of primary amides is 1. The van der Waals surface area contributed by atoms with E-state index in [0.29, 0.717) is 13.2 Å². The first-order chi connectivity index (χ1) is 12.8. The van der Waals surface area contributed by atoms with Crippen LogP contribution in [0.5, 0.6) is 5.75 Å². The minimum Gasteiger partial charge on any atom is -0.492 e. The van der Waals surface area contributed by atoms with Gasteiger partial charge in [-0.25, -0.2) is 4.79 Å². The van der Waals surface area contributed by atoms with Gasteiger partial charge in [0.15, 0.2) is 0 Å². The van der Waals surface area contributed by atoms with E-state index in [-0.39, 0.29) is 17.7 Å². The second-order valence-corrected chi connectivity index (χ2v) is 8.23. The summed E-state index contributed by atoms with van der Waals surface area (Å²) < 4.78 is 5.66. The molecule has 4 N–H and O–H groups in total. The Morgan fingerprint density at radius 2 is 1.89 bits per heavy atom. The summed E-state index contributed by atoms with van der Waals surface area (Å²) in [6.45, 7) is 7.24. The van der Waals surface area contributed by atoms with Gasteiger partial charge in [0.1, 0.15) is 12.4 Å². The van der Waals surface area contributed by atoms with Gasteiger partial charge in [0, 0.05) is 4.88 Å². The molecular formula is C20H27N3O3S. The number of urea groups is 1. The van der Waals surface area contributed by atoms with E-state index in [0.717, 1.165) is 10.6 Å². The second-order valence-electron chi connectivity index (χ2n) is 7.25. The van der Waals surface area contributed by atoms with E-state index in [2.05, 4.69) is 43.5 Å². The van der Waals surface area contributed by atoms with Gasteiger partial charge in [-0.15, -0.1) is 11.3 Å². The Hall–Kier alpha value is -2.54. The summed E-state index contributed by atoms with van der Waals surface area (Å²) in [4.78, 5) is 24.2. The zero-order chi connectivity index (χ0) is 19.9. The lowest BCUT2D eigenvalue weighted by Crippen LogP contribution is -2.37. The topological polar surface area (TPSA) is 93.4 Å². The maximum atomic E-state index is 12.1. The number of carbonyl (C=O) groups is 2. The van der Waals surface area contributed by atoms with Gasteiger partial charge in [-0.3, -0.25) is 4.79 Å². The van der Waals surface area contributed by atoms with E-state index in [9.17, 15) is 9.59 Å². The van der Waals surface area contributed by atoms with Gasteiger partial charge in [0.25, 0.3) is 0 Å². The monoisotopic (exact) mass is 389 g/mol. The predicted molar refractivity (Wildman–Crippen MR) is 108 cm³/mol. The van der Waals surface area contributed by atoms with E-state index in [1.54, 1.807) is 0 Å². The number of ether oxygens (including phenoxy) is 1. The lowest BCUT2D eigenvalue weighted by atomic mass is 9.87. The van der Waals surface area contributed by atoms with Crippen molar-refractivity contribution in [1.29, 1.82) is 0 Å². The molecule has 1 heterocycles. The molecule has 0 spiro atoms. The van der Waals surface area contributed by atoms with Crippen molar-refractivity contribution in [3.05, 3.63) is 52.2 Å². The smallest absolute Gasteiger partial charge is 0.312 e. The van der Waals surface area contributed by atoms with Crippen LogP contribution in [-0.4, -0.2) is 25.1 Å². The van der Waals surface area contributed by atoms with Gasteiger partial charge in [-0.05, 0) is 34.6 Å². The summed E-state index contributed by atoms with van der Waals surface area (Å²) in [5.74, 6) is 0.595. The quantitative estimate of drug-likeness (QED) is 0.605. The van der Waals surface area contributed by atoms with Crippen molar-refractivity contribution in [2.24, 2.45) is 5.73 Å². The average molecular weight is 390 g/mol. The molecule has 0 radical (unpaired) electrons. The molecule has 1 aromatic heterocycles. The molecule has 0 saturated carbocycles. The standard InChI is InChI=1S/C20H27N3O3S/c1-20(2,3)14-6-8-15(9-7-14)26-11-10-22-18(24)13-16(23-19(21)25)17-5-4-12-27-17/h4-9,12,16H,10-11,13H2,1-3H3,(H,22,24)(H3,21,23,25). The number of benzene rings is 1. The minimum absolute atomic E-state index is 0.102. The number of nitrogens with two attached hydrogens (primary N) is 1. The van der Waals surface area contributed by atoms with Crippen molar-refractivity contribution in [2.45, 2.75) is 38.6 Å². The van der Waals surface area contributed by atoms with Gasteiger partial charge in [-0.1, -0.05) is 39.0 Å². The van der Waals surface area contributed by atoms with Crippen LogP contribution in [0.2, 0.25) is 0 Å². The number of rotatable bonds is 8. The number of amides is 3. The van der Waals surface area contributed by atoms with E-state index < -0.39 is 12.1 Å². The zero-order valence-electron chi connectivity index (χ0n) is 16.0. The summed E-state index contributed by atoms with van der Waals surface area (Å²) in [5, 5.41) is 7.30. The average Bonchev–Trinajstić information content (AvgIpc) is 3.12. The van der Waals surface area contributed by atoms with Crippen LogP contribution in [0.15, 0.2) is 41.8 Å². The van der Waals surface area contributed by atoms with Crippen LogP contribution < -0.4 is 21.1 Å². The molecule has 0 fully saturated rings. The van der Waals surface area contributed by atoms with Crippen LogP contribution in [0, 0.1) is 0 Å². The van der Waals surface area contributed by atoms with E-state index in [1.165, 1.54) is 16.9 Å². The lowest BCUT2D eigenvalue weighted by molar-refractivity contribution is -0.121. The fourth-order valence-corrected chi connectivity index (χ4v) is 3.33. The maximum Gasteiger partial charge on any atom is 0.312 e. The molecule has 0 aliphatic carbocycles. The summed E-state index contributed by atoms with van der Waals surface area (Å²) >= 11 is 1.47. The van der Waals surface area contributed by atoms with Crippen molar-refractivity contribution in [3.8, 4) is 5.75 Å². The Balaban J connectivity index is 1.76. The van der Waals surface area contributed by atoms with Crippen LogP contribution in [0.3, 0.4) is 0 Å². The van der Waals surface area contributed by atoms with Crippen molar-refractivity contribution < 1.29 is 14.3 Å². The fourth-order valence-electron chi connectivity index (χ4n) is 2.55. The highest BCUT2D eigenvalue weighted by Gasteiger charge is 2.18. The Labute approximate surface area is 164 Å². The number of hydrogen-bond donors (Lipinski definition) is 3. The van der Waals surface area contributed by atoms with E-state index >= 15 is 0 Å². The third-order valence-corrected chi connectivity index (χ3v) is 4.99. The van der Waals surface area contributed by atoms with Crippen molar-refractivity contribution in [3.63, 3.8) is 0 Å². The highest BCUT2D eigenvalue weighted by atomic mass is 32.1. The van der Waals surface area contributed by atoms with Gasteiger partial charge in [0.2, 0.25) is 5.91 Å². The highest BCUT2D eigenvalue weighted by Crippen LogP contribution is 2.24. The first-order valence-electron chi connectivity index (χ1n) is 8.85. The zero-order valence-corrected chi connectivity index (χ0v) is 16.8. The lowest BCUT2D eigenvalue weighted by Gasteiger charge is -2.19. The third-order valence-electron chi connectivity index (χ3n) is 4.01. The van der Waals surface area contributed by atoms with Gasteiger partial charge in [-0.2, -0.15) is 0 Å². The summed E-state index contributed by atoms with van der Waals surface area (Å²) in [5.41, 5.74) is 6.54. The molecule has 3 amide bonds. The molecule has 6 nitrogen and oxygen atoms in total. The summed E-state index contributed by atoms with van der Waals surface area (Å²) in [6, 6.07) is 10.6. The van der Waals surface area contributed by atoms with Crippen molar-refractivity contribution >= 4 is 23.3 Å². The molecule has 0 aliphatic heterocycles. The van der Waals surface area contributed by atoms with E-state index in [1.807, 2.05) is 29.6 Å². The van der Waals surface area contributed by atoms with Crippen molar-refractivity contribution in [1.82, 2.24) is 10.6 Å². The first-order valence-corrected chi connectivity index (χ1v) is 9.73. The normalized spacial score (nSPS) is 12.3. The molecule has 146 valence electrons. The van der Waals surface area contributed by atoms with Crippen LogP contribution in [0.1, 0.15) is 43.7 Å². The van der Waals surface area contributed by atoms with Crippen molar-refractivity contribution in [2.75, 3.05) is 13.2 Å².